The van der Waals surface area contributed by atoms with Gasteiger partial charge in [0.25, 0.3) is 0 Å². The van der Waals surface area contributed by atoms with Crippen LogP contribution in [0.4, 0.5) is 0 Å². The highest BCUT2D eigenvalue weighted by Gasteiger charge is 2.20. The summed E-state index contributed by atoms with van der Waals surface area (Å²) in [5.41, 5.74) is 0.829. The Balaban J connectivity index is 2.11. The summed E-state index contributed by atoms with van der Waals surface area (Å²) >= 11 is 5.79. The molecule has 1 atom stereocenters. The van der Waals surface area contributed by atoms with E-state index in [9.17, 15) is 9.90 Å². The van der Waals surface area contributed by atoms with Crippen LogP contribution in [-0.2, 0) is 11.2 Å². The van der Waals surface area contributed by atoms with Gasteiger partial charge in [0.05, 0.1) is 7.11 Å². The van der Waals surface area contributed by atoms with Gasteiger partial charge in [-0.15, -0.1) is 0 Å². The Morgan fingerprint density at radius 3 is 2.52 bits per heavy atom. The number of rotatable bonds is 6. The summed E-state index contributed by atoms with van der Waals surface area (Å²) in [7, 11) is 1.57. The first-order valence-electron chi connectivity index (χ1n) is 6.36. The lowest BCUT2D eigenvalue weighted by Crippen LogP contribution is -2.29. The van der Waals surface area contributed by atoms with Crippen molar-refractivity contribution in [3.05, 3.63) is 59.1 Å². The van der Waals surface area contributed by atoms with Crippen LogP contribution in [0.15, 0.2) is 48.5 Å². The Labute approximate surface area is 127 Å². The Morgan fingerprint density at radius 2 is 1.90 bits per heavy atom. The second-order valence-electron chi connectivity index (χ2n) is 4.45. The van der Waals surface area contributed by atoms with Crippen molar-refractivity contribution in [2.24, 2.45) is 0 Å². The van der Waals surface area contributed by atoms with Gasteiger partial charge in [-0.2, -0.15) is 0 Å². The summed E-state index contributed by atoms with van der Waals surface area (Å²) in [6.07, 6.45) is -0.729. The van der Waals surface area contributed by atoms with E-state index in [1.165, 1.54) is 0 Å². The summed E-state index contributed by atoms with van der Waals surface area (Å²) in [6.45, 7) is 0. The van der Waals surface area contributed by atoms with Gasteiger partial charge in [0.1, 0.15) is 11.5 Å². The molecule has 0 radical (unpaired) electrons. The van der Waals surface area contributed by atoms with Crippen LogP contribution in [0.2, 0.25) is 5.02 Å². The Bertz CT molecular complexity index is 610. The third-order valence-corrected chi connectivity index (χ3v) is 3.17. The highest BCUT2D eigenvalue weighted by Crippen LogP contribution is 2.19. The summed E-state index contributed by atoms with van der Waals surface area (Å²) in [5, 5.41) is 9.87. The highest BCUT2D eigenvalue weighted by molar-refractivity contribution is 6.30. The van der Waals surface area contributed by atoms with E-state index in [4.69, 9.17) is 21.1 Å². The Kier molecular flexibility index (Phi) is 5.06. The maximum atomic E-state index is 11.3. The third-order valence-electron chi connectivity index (χ3n) is 2.92. The molecule has 0 aliphatic heterocycles. The van der Waals surface area contributed by atoms with Crippen LogP contribution in [0.1, 0.15) is 5.56 Å². The van der Waals surface area contributed by atoms with Gasteiger partial charge in [0.2, 0.25) is 0 Å². The minimum Gasteiger partial charge on any atom is -0.497 e. The lowest BCUT2D eigenvalue weighted by molar-refractivity contribution is -0.145. The van der Waals surface area contributed by atoms with Crippen molar-refractivity contribution in [3.8, 4) is 11.5 Å². The Hall–Kier alpha value is -2.20. The molecule has 2 aromatic rings. The number of aliphatic carboxylic acids is 1. The van der Waals surface area contributed by atoms with E-state index in [1.54, 1.807) is 43.5 Å². The number of hydrogen-bond acceptors (Lipinski definition) is 3. The third kappa shape index (κ3) is 4.39. The summed E-state index contributed by atoms with van der Waals surface area (Å²) in [4.78, 5) is 11.3. The predicted molar refractivity (Wildman–Crippen MR) is 80.2 cm³/mol. The number of hydrogen-bond donors (Lipinski definition) is 1. The van der Waals surface area contributed by atoms with Crippen LogP contribution in [0, 0.1) is 0 Å². The van der Waals surface area contributed by atoms with Gasteiger partial charge >= 0.3 is 5.97 Å². The number of halogens is 1. The van der Waals surface area contributed by atoms with Crippen molar-refractivity contribution in [1.29, 1.82) is 0 Å². The molecular formula is C16H15ClO4. The molecule has 0 aliphatic rings. The minimum atomic E-state index is -1.02. The van der Waals surface area contributed by atoms with Crippen LogP contribution in [0.3, 0.4) is 0 Å². The van der Waals surface area contributed by atoms with Crippen LogP contribution in [-0.4, -0.2) is 24.3 Å². The molecule has 0 aliphatic carbocycles. The number of ether oxygens (including phenoxy) is 2. The first-order valence-corrected chi connectivity index (χ1v) is 6.74. The van der Waals surface area contributed by atoms with Gasteiger partial charge in [-0.3, -0.25) is 0 Å². The number of carboxylic acid groups (broad SMARTS) is 1. The molecule has 0 saturated heterocycles. The second-order valence-corrected chi connectivity index (χ2v) is 4.89. The summed E-state index contributed by atoms with van der Waals surface area (Å²) in [6, 6.07) is 13.8. The van der Waals surface area contributed by atoms with Gasteiger partial charge < -0.3 is 14.6 Å². The second kappa shape index (κ2) is 6.99. The predicted octanol–water partition coefficient (Wildman–Crippen LogP) is 3.42. The molecule has 0 spiro atoms. The van der Waals surface area contributed by atoms with E-state index >= 15 is 0 Å². The molecule has 0 fully saturated rings. The normalized spacial score (nSPS) is 11.7. The monoisotopic (exact) mass is 306 g/mol. The van der Waals surface area contributed by atoms with Gasteiger partial charge in [-0.05, 0) is 42.0 Å². The zero-order chi connectivity index (χ0) is 15.2. The number of carboxylic acids is 1. The fraction of sp³-hybridized carbons (Fsp3) is 0.188. The van der Waals surface area contributed by atoms with Gasteiger partial charge in [0, 0.05) is 11.4 Å². The Morgan fingerprint density at radius 1 is 1.19 bits per heavy atom. The average Bonchev–Trinajstić information content (AvgIpc) is 2.49. The van der Waals surface area contributed by atoms with Crippen molar-refractivity contribution in [2.45, 2.75) is 12.5 Å². The van der Waals surface area contributed by atoms with Crippen LogP contribution >= 0.6 is 11.6 Å². The van der Waals surface area contributed by atoms with Crippen molar-refractivity contribution in [1.82, 2.24) is 0 Å². The molecule has 1 N–H and O–H groups in total. The van der Waals surface area contributed by atoms with E-state index < -0.39 is 12.1 Å². The number of methoxy groups -OCH3 is 1. The summed E-state index contributed by atoms with van der Waals surface area (Å²) in [5.74, 6) is 0.130. The molecule has 0 heterocycles. The van der Waals surface area contributed by atoms with E-state index in [0.717, 1.165) is 5.56 Å². The first kappa shape index (κ1) is 15.2. The van der Waals surface area contributed by atoms with Crippen molar-refractivity contribution in [3.63, 3.8) is 0 Å². The topological polar surface area (TPSA) is 55.8 Å². The van der Waals surface area contributed by atoms with E-state index in [-0.39, 0.29) is 6.42 Å². The maximum absolute atomic E-state index is 11.3. The minimum absolute atomic E-state index is 0.245. The van der Waals surface area contributed by atoms with Crippen LogP contribution < -0.4 is 9.47 Å². The average molecular weight is 307 g/mol. The van der Waals surface area contributed by atoms with Crippen molar-refractivity contribution < 1.29 is 19.4 Å². The number of benzene rings is 2. The van der Waals surface area contributed by atoms with E-state index in [2.05, 4.69) is 0 Å². The molecule has 4 nitrogen and oxygen atoms in total. The van der Waals surface area contributed by atoms with Crippen LogP contribution in [0.25, 0.3) is 0 Å². The first-order chi connectivity index (χ1) is 10.1. The molecule has 0 aromatic heterocycles. The SMILES string of the molecule is COc1cccc(CC(Oc2ccc(Cl)cc2)C(=O)O)c1. The molecule has 21 heavy (non-hydrogen) atoms. The van der Waals surface area contributed by atoms with Gasteiger partial charge in [0.15, 0.2) is 6.10 Å². The lowest BCUT2D eigenvalue weighted by Gasteiger charge is -2.15. The zero-order valence-corrected chi connectivity index (χ0v) is 12.2. The molecule has 110 valence electrons. The van der Waals surface area contributed by atoms with Crippen LogP contribution in [0.5, 0.6) is 11.5 Å². The van der Waals surface area contributed by atoms with Gasteiger partial charge in [-0.25, -0.2) is 4.79 Å². The highest BCUT2D eigenvalue weighted by atomic mass is 35.5. The molecular weight excluding hydrogens is 292 g/mol. The molecule has 0 amide bonds. The largest absolute Gasteiger partial charge is 0.497 e. The maximum Gasteiger partial charge on any atom is 0.345 e. The molecule has 5 heteroatoms. The van der Waals surface area contributed by atoms with Crippen molar-refractivity contribution in [2.75, 3.05) is 7.11 Å². The zero-order valence-electron chi connectivity index (χ0n) is 11.5. The molecule has 0 bridgehead atoms. The molecule has 2 rings (SSSR count). The molecule has 2 aromatic carbocycles. The molecule has 1 unspecified atom stereocenters. The van der Waals surface area contributed by atoms with Crippen molar-refractivity contribution >= 4 is 17.6 Å². The standard InChI is InChI=1S/C16H15ClO4/c1-20-14-4-2-3-11(9-14)10-15(16(18)19)21-13-7-5-12(17)6-8-13/h2-9,15H,10H2,1H3,(H,18,19). The fourth-order valence-corrected chi connectivity index (χ4v) is 2.00. The summed E-state index contributed by atoms with van der Waals surface area (Å²) < 4.78 is 10.6. The fourth-order valence-electron chi connectivity index (χ4n) is 1.87. The number of carbonyl (C=O) groups is 1. The quantitative estimate of drug-likeness (QED) is 0.888. The lowest BCUT2D eigenvalue weighted by atomic mass is 10.1. The van der Waals surface area contributed by atoms with Gasteiger partial charge in [-0.1, -0.05) is 23.7 Å². The van der Waals surface area contributed by atoms with E-state index in [0.29, 0.717) is 16.5 Å². The molecule has 0 saturated carbocycles. The smallest absolute Gasteiger partial charge is 0.345 e. The van der Waals surface area contributed by atoms with E-state index in [1.807, 2.05) is 12.1 Å².